The van der Waals surface area contributed by atoms with Gasteiger partial charge in [0, 0.05) is 24.9 Å². The van der Waals surface area contributed by atoms with Gasteiger partial charge >= 0.3 is 0 Å². The van der Waals surface area contributed by atoms with E-state index >= 15 is 0 Å². The lowest BCUT2D eigenvalue weighted by molar-refractivity contribution is 0.638. The lowest BCUT2D eigenvalue weighted by Gasteiger charge is -2.00. The molecule has 17 heavy (non-hydrogen) atoms. The molecule has 2 rings (SSSR count). The van der Waals surface area contributed by atoms with Crippen molar-refractivity contribution in [3.8, 4) is 0 Å². The standard InChI is InChI=1S/C14H21N3/c1-3-10-15-11-9-13-12-7-5-6-8-14(12)17(4-2)16-13/h5-8,15H,3-4,9-11H2,1-2H3. The molecule has 0 atom stereocenters. The van der Waals surface area contributed by atoms with Gasteiger partial charge in [-0.25, -0.2) is 0 Å². The van der Waals surface area contributed by atoms with Crippen LogP contribution in [0.25, 0.3) is 10.9 Å². The molecule has 0 amide bonds. The molecule has 3 heteroatoms. The number of rotatable bonds is 6. The number of nitrogens with one attached hydrogen (secondary N) is 1. The Morgan fingerprint density at radius 3 is 2.76 bits per heavy atom. The molecule has 0 aliphatic heterocycles. The number of hydrogen-bond acceptors (Lipinski definition) is 2. The average molecular weight is 231 g/mol. The number of aromatic nitrogens is 2. The van der Waals surface area contributed by atoms with E-state index in [2.05, 4.69) is 53.2 Å². The Morgan fingerprint density at radius 2 is 2.00 bits per heavy atom. The molecular formula is C14H21N3. The smallest absolute Gasteiger partial charge is 0.0716 e. The maximum Gasteiger partial charge on any atom is 0.0716 e. The van der Waals surface area contributed by atoms with E-state index in [4.69, 9.17) is 0 Å². The zero-order valence-corrected chi connectivity index (χ0v) is 10.7. The highest BCUT2D eigenvalue weighted by molar-refractivity contribution is 5.81. The molecule has 0 bridgehead atoms. The molecule has 92 valence electrons. The Morgan fingerprint density at radius 1 is 1.18 bits per heavy atom. The van der Waals surface area contributed by atoms with Crippen LogP contribution in [-0.2, 0) is 13.0 Å². The van der Waals surface area contributed by atoms with Crippen molar-refractivity contribution < 1.29 is 0 Å². The maximum absolute atomic E-state index is 4.68. The van der Waals surface area contributed by atoms with E-state index in [1.165, 1.54) is 23.0 Å². The zero-order chi connectivity index (χ0) is 12.1. The summed E-state index contributed by atoms with van der Waals surface area (Å²) in [6, 6.07) is 8.49. The summed E-state index contributed by atoms with van der Waals surface area (Å²) in [5, 5.41) is 9.41. The Balaban J connectivity index is 2.16. The first-order chi connectivity index (χ1) is 8.36. The molecule has 0 aliphatic carbocycles. The fraction of sp³-hybridized carbons (Fsp3) is 0.500. The van der Waals surface area contributed by atoms with Crippen molar-refractivity contribution in [2.24, 2.45) is 0 Å². The first-order valence-corrected chi connectivity index (χ1v) is 6.52. The number of aryl methyl sites for hydroxylation is 1. The van der Waals surface area contributed by atoms with Crippen molar-refractivity contribution in [2.45, 2.75) is 33.2 Å². The van der Waals surface area contributed by atoms with Crippen LogP contribution in [0, 0.1) is 0 Å². The summed E-state index contributed by atoms with van der Waals surface area (Å²) in [5.74, 6) is 0. The van der Waals surface area contributed by atoms with Crippen LogP contribution >= 0.6 is 0 Å². The van der Waals surface area contributed by atoms with Crippen molar-refractivity contribution in [1.29, 1.82) is 0 Å². The molecule has 0 aliphatic rings. The Hall–Kier alpha value is -1.35. The number of para-hydroxylation sites is 1. The molecule has 0 fully saturated rings. The molecule has 0 saturated heterocycles. The second-order valence-corrected chi connectivity index (χ2v) is 4.28. The molecule has 1 aromatic heterocycles. The molecule has 2 aromatic rings. The maximum atomic E-state index is 4.68. The normalized spacial score (nSPS) is 11.2. The first kappa shape index (κ1) is 12.1. The molecule has 0 spiro atoms. The van der Waals surface area contributed by atoms with E-state index in [9.17, 15) is 0 Å². The van der Waals surface area contributed by atoms with Crippen LogP contribution in [0.5, 0.6) is 0 Å². The number of nitrogens with zero attached hydrogens (tertiary/aromatic N) is 2. The van der Waals surface area contributed by atoms with Crippen molar-refractivity contribution in [2.75, 3.05) is 13.1 Å². The molecular weight excluding hydrogens is 210 g/mol. The van der Waals surface area contributed by atoms with Crippen molar-refractivity contribution in [3.63, 3.8) is 0 Å². The fourth-order valence-corrected chi connectivity index (χ4v) is 2.13. The SMILES string of the molecule is CCCNCCc1nn(CC)c2ccccc12. The average Bonchev–Trinajstić information content (AvgIpc) is 2.73. The minimum atomic E-state index is 0.933. The predicted molar refractivity (Wildman–Crippen MR) is 72.3 cm³/mol. The van der Waals surface area contributed by atoms with Crippen LogP contribution in [0.3, 0.4) is 0 Å². The molecule has 0 radical (unpaired) electrons. The highest BCUT2D eigenvalue weighted by Crippen LogP contribution is 2.18. The summed E-state index contributed by atoms with van der Waals surface area (Å²) in [6.07, 6.45) is 2.19. The van der Waals surface area contributed by atoms with Crippen molar-refractivity contribution in [1.82, 2.24) is 15.1 Å². The van der Waals surface area contributed by atoms with Gasteiger partial charge in [-0.2, -0.15) is 5.10 Å². The quantitative estimate of drug-likeness (QED) is 0.774. The summed E-state index contributed by atoms with van der Waals surface area (Å²) >= 11 is 0. The minimum Gasteiger partial charge on any atom is -0.316 e. The lowest BCUT2D eigenvalue weighted by Crippen LogP contribution is -2.18. The van der Waals surface area contributed by atoms with Gasteiger partial charge in [-0.05, 0) is 26.0 Å². The molecule has 1 N–H and O–H groups in total. The van der Waals surface area contributed by atoms with Gasteiger partial charge < -0.3 is 5.32 Å². The Kier molecular flexibility index (Phi) is 4.15. The third-order valence-electron chi connectivity index (χ3n) is 3.00. The van der Waals surface area contributed by atoms with Crippen LogP contribution in [0.2, 0.25) is 0 Å². The Labute approximate surface area is 103 Å². The fourth-order valence-electron chi connectivity index (χ4n) is 2.13. The van der Waals surface area contributed by atoms with E-state index in [1.807, 2.05) is 0 Å². The number of hydrogen-bond donors (Lipinski definition) is 1. The number of fused-ring (bicyclic) bond motifs is 1. The van der Waals surface area contributed by atoms with Crippen LogP contribution in [0.1, 0.15) is 26.0 Å². The van der Waals surface area contributed by atoms with Gasteiger partial charge in [0.15, 0.2) is 0 Å². The van der Waals surface area contributed by atoms with Crippen LogP contribution < -0.4 is 5.32 Å². The molecule has 1 heterocycles. The van der Waals surface area contributed by atoms with E-state index in [1.54, 1.807) is 0 Å². The van der Waals surface area contributed by atoms with Crippen molar-refractivity contribution in [3.05, 3.63) is 30.0 Å². The summed E-state index contributed by atoms with van der Waals surface area (Å²) in [7, 11) is 0. The van der Waals surface area contributed by atoms with Crippen LogP contribution in [0.15, 0.2) is 24.3 Å². The third-order valence-corrected chi connectivity index (χ3v) is 3.00. The van der Waals surface area contributed by atoms with E-state index in [-0.39, 0.29) is 0 Å². The van der Waals surface area contributed by atoms with Gasteiger partial charge in [0.25, 0.3) is 0 Å². The van der Waals surface area contributed by atoms with Gasteiger partial charge in [0.2, 0.25) is 0 Å². The van der Waals surface area contributed by atoms with E-state index < -0.39 is 0 Å². The Bertz CT molecular complexity index is 473. The van der Waals surface area contributed by atoms with Gasteiger partial charge in [-0.3, -0.25) is 4.68 Å². The lowest BCUT2D eigenvalue weighted by atomic mass is 10.1. The van der Waals surface area contributed by atoms with Crippen LogP contribution in [-0.4, -0.2) is 22.9 Å². The molecule has 0 saturated carbocycles. The van der Waals surface area contributed by atoms with Gasteiger partial charge in [-0.15, -0.1) is 0 Å². The summed E-state index contributed by atoms with van der Waals surface area (Å²) in [5.41, 5.74) is 2.46. The van der Waals surface area contributed by atoms with Gasteiger partial charge in [0.05, 0.1) is 11.2 Å². The van der Waals surface area contributed by atoms with E-state index in [0.29, 0.717) is 0 Å². The van der Waals surface area contributed by atoms with Gasteiger partial charge in [0.1, 0.15) is 0 Å². The van der Waals surface area contributed by atoms with Crippen LogP contribution in [0.4, 0.5) is 0 Å². The highest BCUT2D eigenvalue weighted by Gasteiger charge is 2.07. The minimum absolute atomic E-state index is 0.933. The topological polar surface area (TPSA) is 29.9 Å². The molecule has 1 aromatic carbocycles. The molecule has 0 unspecified atom stereocenters. The van der Waals surface area contributed by atoms with Crippen molar-refractivity contribution >= 4 is 10.9 Å². The summed E-state index contributed by atoms with van der Waals surface area (Å²) in [6.45, 7) is 7.36. The zero-order valence-electron chi connectivity index (χ0n) is 10.7. The summed E-state index contributed by atoms with van der Waals surface area (Å²) in [4.78, 5) is 0. The largest absolute Gasteiger partial charge is 0.316 e. The monoisotopic (exact) mass is 231 g/mol. The summed E-state index contributed by atoms with van der Waals surface area (Å²) < 4.78 is 2.09. The predicted octanol–water partition coefficient (Wildman–Crippen LogP) is 2.60. The molecule has 3 nitrogen and oxygen atoms in total. The highest BCUT2D eigenvalue weighted by atomic mass is 15.3. The second-order valence-electron chi connectivity index (χ2n) is 4.28. The number of benzene rings is 1. The second kappa shape index (κ2) is 5.82. The van der Waals surface area contributed by atoms with E-state index in [0.717, 1.165) is 26.1 Å². The van der Waals surface area contributed by atoms with Gasteiger partial charge in [-0.1, -0.05) is 25.1 Å². The first-order valence-electron chi connectivity index (χ1n) is 6.52. The third kappa shape index (κ3) is 2.67.